The molecule has 1 aliphatic rings. The molecule has 1 fully saturated rings. The number of carbonyl (C=O) groups excluding carboxylic acids is 1. The lowest BCUT2D eigenvalue weighted by atomic mass is 10.1. The fraction of sp³-hybridized carbons (Fsp3) is 0.800. The van der Waals surface area contributed by atoms with Crippen molar-refractivity contribution >= 4 is 11.8 Å². The Morgan fingerprint density at radius 1 is 1.62 bits per heavy atom. The number of oxime groups is 1. The van der Waals surface area contributed by atoms with Crippen molar-refractivity contribution in [2.75, 3.05) is 13.1 Å². The first kappa shape index (κ1) is 12.7. The summed E-state index contributed by atoms with van der Waals surface area (Å²) in [7, 11) is 0. The number of alkyl halides is 1. The highest BCUT2D eigenvalue weighted by Crippen LogP contribution is 2.15. The Kier molecular flexibility index (Phi) is 3.72. The lowest BCUT2D eigenvalue weighted by Gasteiger charge is -2.31. The van der Waals surface area contributed by atoms with Crippen LogP contribution in [0.5, 0.6) is 0 Å². The molecule has 0 spiro atoms. The van der Waals surface area contributed by atoms with Gasteiger partial charge in [-0.25, -0.2) is 9.18 Å². The Morgan fingerprint density at radius 2 is 2.25 bits per heavy atom. The van der Waals surface area contributed by atoms with Gasteiger partial charge in [-0.2, -0.15) is 0 Å². The minimum Gasteiger partial charge on any atom is -0.444 e. The summed E-state index contributed by atoms with van der Waals surface area (Å²) in [6, 6.07) is 0. The molecule has 0 bridgehead atoms. The third kappa shape index (κ3) is 3.36. The maximum absolute atomic E-state index is 13.4. The first-order valence-corrected chi connectivity index (χ1v) is 5.16. The summed E-state index contributed by atoms with van der Waals surface area (Å²) in [6.45, 7) is 5.45. The highest BCUT2D eigenvalue weighted by atomic mass is 19.1. The van der Waals surface area contributed by atoms with Gasteiger partial charge in [0.1, 0.15) is 5.60 Å². The van der Waals surface area contributed by atoms with Crippen LogP contribution in [0.1, 0.15) is 27.2 Å². The number of nitrogens with zero attached hydrogens (tertiary/aromatic N) is 2. The van der Waals surface area contributed by atoms with Gasteiger partial charge in [-0.15, -0.1) is 0 Å². The third-order valence-corrected chi connectivity index (χ3v) is 2.16. The van der Waals surface area contributed by atoms with Crippen molar-refractivity contribution in [3.05, 3.63) is 0 Å². The van der Waals surface area contributed by atoms with Crippen LogP contribution in [0.25, 0.3) is 0 Å². The molecule has 1 aliphatic heterocycles. The Bertz CT molecular complexity index is 299. The van der Waals surface area contributed by atoms with Gasteiger partial charge in [-0.05, 0) is 20.8 Å². The van der Waals surface area contributed by atoms with Gasteiger partial charge in [0.15, 0.2) is 6.17 Å². The molecule has 0 aliphatic carbocycles. The van der Waals surface area contributed by atoms with E-state index in [0.29, 0.717) is 6.54 Å². The third-order valence-electron chi connectivity index (χ3n) is 2.16. The molecule has 0 aromatic heterocycles. The SMILES string of the molecule is CC(C)(C)OC(=O)N1CC/C(=N/O)[C@@H](F)C1. The molecule has 0 saturated carbocycles. The van der Waals surface area contributed by atoms with E-state index in [0.717, 1.165) is 0 Å². The maximum atomic E-state index is 13.4. The number of amides is 1. The van der Waals surface area contributed by atoms with Gasteiger partial charge in [0.2, 0.25) is 0 Å². The number of rotatable bonds is 0. The predicted octanol–water partition coefficient (Wildman–Crippen LogP) is 1.80. The summed E-state index contributed by atoms with van der Waals surface area (Å²) in [5.74, 6) is 0. The van der Waals surface area contributed by atoms with Crippen LogP contribution in [-0.4, -0.2) is 46.8 Å². The summed E-state index contributed by atoms with van der Waals surface area (Å²) in [6.07, 6.45) is -1.71. The second-order valence-corrected chi connectivity index (χ2v) is 4.74. The van der Waals surface area contributed by atoms with Crippen LogP contribution in [0, 0.1) is 0 Å². The molecule has 1 heterocycles. The molecule has 92 valence electrons. The van der Waals surface area contributed by atoms with Gasteiger partial charge >= 0.3 is 6.09 Å². The smallest absolute Gasteiger partial charge is 0.410 e. The highest BCUT2D eigenvalue weighted by molar-refractivity contribution is 5.90. The van der Waals surface area contributed by atoms with Crippen molar-refractivity contribution in [3.63, 3.8) is 0 Å². The summed E-state index contributed by atoms with van der Waals surface area (Å²) in [4.78, 5) is 12.9. The molecule has 1 N–H and O–H groups in total. The van der Waals surface area contributed by atoms with Crippen LogP contribution in [0.3, 0.4) is 0 Å². The fourth-order valence-corrected chi connectivity index (χ4v) is 1.40. The minimum absolute atomic E-state index is 0.0832. The largest absolute Gasteiger partial charge is 0.444 e. The Labute approximate surface area is 93.9 Å². The van der Waals surface area contributed by atoms with Gasteiger partial charge in [-0.1, -0.05) is 5.16 Å². The number of likely N-dealkylation sites (tertiary alicyclic amines) is 1. The lowest BCUT2D eigenvalue weighted by Crippen LogP contribution is -2.47. The monoisotopic (exact) mass is 232 g/mol. The first-order chi connectivity index (χ1) is 7.33. The molecule has 0 aromatic rings. The van der Waals surface area contributed by atoms with Gasteiger partial charge in [0.25, 0.3) is 0 Å². The Balaban J connectivity index is 2.55. The lowest BCUT2D eigenvalue weighted by molar-refractivity contribution is 0.0209. The zero-order chi connectivity index (χ0) is 12.3. The minimum atomic E-state index is -1.41. The van der Waals surface area contributed by atoms with E-state index in [1.807, 2.05) is 0 Å². The van der Waals surface area contributed by atoms with E-state index in [2.05, 4.69) is 5.16 Å². The molecule has 6 heteroatoms. The van der Waals surface area contributed by atoms with Crippen molar-refractivity contribution in [2.45, 2.75) is 39.0 Å². The maximum Gasteiger partial charge on any atom is 0.410 e. The van der Waals surface area contributed by atoms with Crippen LogP contribution in [0.2, 0.25) is 0 Å². The van der Waals surface area contributed by atoms with Crippen molar-refractivity contribution in [3.8, 4) is 0 Å². The molecule has 0 unspecified atom stereocenters. The van der Waals surface area contributed by atoms with Gasteiger partial charge < -0.3 is 14.8 Å². The van der Waals surface area contributed by atoms with Gasteiger partial charge in [0.05, 0.1) is 12.3 Å². The standard InChI is InChI=1S/C10H17FN2O3/c1-10(2,3)16-9(14)13-5-4-8(12-15)7(11)6-13/h7,15H,4-6H2,1-3H3/b12-8-/t7-/m0/s1. The molecule has 1 rings (SSSR count). The predicted molar refractivity (Wildman–Crippen MR) is 56.5 cm³/mol. The summed E-state index contributed by atoms with van der Waals surface area (Å²) in [5, 5.41) is 11.3. The topological polar surface area (TPSA) is 62.1 Å². The van der Waals surface area contributed by atoms with Crippen molar-refractivity contribution in [1.29, 1.82) is 0 Å². The normalized spacial score (nSPS) is 24.6. The second-order valence-electron chi connectivity index (χ2n) is 4.74. The molecular formula is C10H17FN2O3. The number of carbonyl (C=O) groups is 1. The first-order valence-electron chi connectivity index (χ1n) is 5.16. The molecule has 5 nitrogen and oxygen atoms in total. The van der Waals surface area contributed by atoms with Crippen molar-refractivity contribution < 1.29 is 19.1 Å². The van der Waals surface area contributed by atoms with E-state index in [1.54, 1.807) is 20.8 Å². The van der Waals surface area contributed by atoms with E-state index in [1.165, 1.54) is 4.90 Å². The van der Waals surface area contributed by atoms with Crippen LogP contribution >= 0.6 is 0 Å². The summed E-state index contributed by atoms with van der Waals surface area (Å²) in [5.41, 5.74) is -0.506. The van der Waals surface area contributed by atoms with E-state index in [-0.39, 0.29) is 18.7 Å². The zero-order valence-electron chi connectivity index (χ0n) is 9.73. The van der Waals surface area contributed by atoms with Crippen molar-refractivity contribution in [1.82, 2.24) is 4.90 Å². The highest BCUT2D eigenvalue weighted by Gasteiger charge is 2.31. The van der Waals surface area contributed by atoms with Gasteiger partial charge in [0, 0.05) is 13.0 Å². The van der Waals surface area contributed by atoms with Gasteiger partial charge in [-0.3, -0.25) is 0 Å². The molecule has 0 aromatic carbocycles. The second kappa shape index (κ2) is 4.67. The number of ether oxygens (including phenoxy) is 1. The molecular weight excluding hydrogens is 215 g/mol. The average molecular weight is 232 g/mol. The van der Waals surface area contributed by atoms with Crippen LogP contribution in [0.15, 0.2) is 5.16 Å². The number of hydrogen-bond donors (Lipinski definition) is 1. The van der Waals surface area contributed by atoms with Crippen LogP contribution in [0.4, 0.5) is 9.18 Å². The number of hydrogen-bond acceptors (Lipinski definition) is 4. The molecule has 1 amide bonds. The van der Waals surface area contributed by atoms with Crippen LogP contribution in [-0.2, 0) is 4.74 Å². The average Bonchev–Trinajstić information content (AvgIpc) is 2.15. The zero-order valence-corrected chi connectivity index (χ0v) is 9.73. The summed E-state index contributed by atoms with van der Waals surface area (Å²) >= 11 is 0. The molecule has 0 radical (unpaired) electrons. The van der Waals surface area contributed by atoms with E-state index in [9.17, 15) is 9.18 Å². The van der Waals surface area contributed by atoms with Crippen molar-refractivity contribution in [2.24, 2.45) is 5.16 Å². The fourth-order valence-electron chi connectivity index (χ4n) is 1.40. The van der Waals surface area contributed by atoms with E-state index >= 15 is 0 Å². The quantitative estimate of drug-likeness (QED) is 0.511. The van der Waals surface area contributed by atoms with E-state index in [4.69, 9.17) is 9.94 Å². The molecule has 16 heavy (non-hydrogen) atoms. The summed E-state index contributed by atoms with van der Waals surface area (Å²) < 4.78 is 18.5. The Morgan fingerprint density at radius 3 is 2.69 bits per heavy atom. The number of piperidine rings is 1. The van der Waals surface area contributed by atoms with E-state index < -0.39 is 17.9 Å². The van der Waals surface area contributed by atoms with Crippen LogP contribution < -0.4 is 0 Å². The Hall–Kier alpha value is -1.33. The molecule has 1 saturated heterocycles. The number of halogens is 1. The molecule has 1 atom stereocenters.